The molecule has 0 radical (unpaired) electrons. The predicted molar refractivity (Wildman–Crippen MR) is 49.9 cm³/mol. The molecular formula is C9H13N3O2. The van der Waals surface area contributed by atoms with Gasteiger partial charge >= 0.3 is 6.15 Å². The van der Waals surface area contributed by atoms with E-state index in [-0.39, 0.29) is 6.15 Å². The topological polar surface area (TPSA) is 78.0 Å². The van der Waals surface area contributed by atoms with Gasteiger partial charge in [-0.3, -0.25) is 4.68 Å². The van der Waals surface area contributed by atoms with Gasteiger partial charge in [0.2, 0.25) is 0 Å². The van der Waals surface area contributed by atoms with E-state index >= 15 is 0 Å². The van der Waals surface area contributed by atoms with Crippen LogP contribution < -0.4 is 5.73 Å². The van der Waals surface area contributed by atoms with Crippen molar-refractivity contribution in [3.8, 4) is 0 Å². The molecule has 0 aliphatic carbocycles. The number of hydrogen-bond donors (Lipinski definition) is 1. The van der Waals surface area contributed by atoms with Gasteiger partial charge in [-0.15, -0.1) is 0 Å². The van der Waals surface area contributed by atoms with E-state index < -0.39 is 0 Å². The summed E-state index contributed by atoms with van der Waals surface area (Å²) in [6.07, 6.45) is 6.62. The summed E-state index contributed by atoms with van der Waals surface area (Å²) in [5, 5.41) is 4.05. The van der Waals surface area contributed by atoms with Crippen molar-refractivity contribution in [3.63, 3.8) is 0 Å². The minimum Gasteiger partial charge on any atom is -0.405 e. The van der Waals surface area contributed by atoms with Gasteiger partial charge in [0.25, 0.3) is 0 Å². The maximum atomic E-state index is 8.12. The summed E-state index contributed by atoms with van der Waals surface area (Å²) in [5.41, 5.74) is 7.70. The summed E-state index contributed by atoms with van der Waals surface area (Å²) in [6.45, 7) is 2.01. The minimum atomic E-state index is 0.250. The van der Waals surface area contributed by atoms with Crippen molar-refractivity contribution < 1.29 is 9.59 Å². The summed E-state index contributed by atoms with van der Waals surface area (Å²) in [4.78, 5) is 16.2. The Morgan fingerprint density at radius 2 is 2.29 bits per heavy atom. The van der Waals surface area contributed by atoms with Gasteiger partial charge in [0.15, 0.2) is 0 Å². The molecule has 14 heavy (non-hydrogen) atoms. The lowest BCUT2D eigenvalue weighted by atomic mass is 10.1. The van der Waals surface area contributed by atoms with Crippen LogP contribution in [0, 0.1) is 0 Å². The first-order valence-corrected chi connectivity index (χ1v) is 3.98. The third-order valence-electron chi connectivity index (χ3n) is 1.53. The second kappa shape index (κ2) is 6.62. The Bertz CT molecular complexity index is 336. The summed E-state index contributed by atoms with van der Waals surface area (Å²) in [7, 11) is 1.91. The van der Waals surface area contributed by atoms with Crippen LogP contribution in [0.4, 0.5) is 0 Å². The van der Waals surface area contributed by atoms with Gasteiger partial charge in [-0.05, 0) is 25.1 Å². The molecule has 2 N–H and O–H groups in total. The fourth-order valence-electron chi connectivity index (χ4n) is 0.944. The predicted octanol–water partition coefficient (Wildman–Crippen LogP) is 0.242. The number of carbonyl (C=O) groups excluding carboxylic acids is 2. The molecule has 1 aromatic rings. The van der Waals surface area contributed by atoms with Crippen LogP contribution in [0.15, 0.2) is 24.2 Å². The fraction of sp³-hybridized carbons (Fsp3) is 0.333. The molecule has 0 spiro atoms. The van der Waals surface area contributed by atoms with Crippen molar-refractivity contribution in [2.75, 3.05) is 0 Å². The van der Waals surface area contributed by atoms with Crippen LogP contribution in [0.5, 0.6) is 0 Å². The van der Waals surface area contributed by atoms with Crippen LogP contribution >= 0.6 is 0 Å². The lowest BCUT2D eigenvalue weighted by Gasteiger charge is -1.94. The summed E-state index contributed by atoms with van der Waals surface area (Å²) < 4.78 is 1.79. The number of hydrogen-bond acceptors (Lipinski definition) is 4. The van der Waals surface area contributed by atoms with Crippen LogP contribution in [-0.2, 0) is 23.1 Å². The highest BCUT2D eigenvalue weighted by atomic mass is 16.2. The molecule has 0 bridgehead atoms. The van der Waals surface area contributed by atoms with Crippen LogP contribution in [0.2, 0.25) is 0 Å². The van der Waals surface area contributed by atoms with Gasteiger partial charge in [0, 0.05) is 13.2 Å². The summed E-state index contributed by atoms with van der Waals surface area (Å²) in [6, 6.07) is 0. The maximum absolute atomic E-state index is 8.12. The van der Waals surface area contributed by atoms with E-state index in [1.54, 1.807) is 10.9 Å². The smallest absolute Gasteiger partial charge is 0.373 e. The quantitative estimate of drug-likeness (QED) is 0.733. The molecule has 0 fully saturated rings. The average Bonchev–Trinajstić information content (AvgIpc) is 2.52. The first-order chi connectivity index (χ1) is 6.63. The fourth-order valence-corrected chi connectivity index (χ4v) is 0.944. The Kier molecular flexibility index (Phi) is 5.74. The molecule has 0 aliphatic heterocycles. The average molecular weight is 195 g/mol. The lowest BCUT2D eigenvalue weighted by Crippen LogP contribution is -1.89. The molecule has 5 nitrogen and oxygen atoms in total. The van der Waals surface area contributed by atoms with Gasteiger partial charge in [0.1, 0.15) is 0 Å². The summed E-state index contributed by atoms with van der Waals surface area (Å²) in [5.74, 6) is 0. The highest BCUT2D eigenvalue weighted by Gasteiger charge is 1.95. The standard InChI is InChI=1S/C8H13N3.CO2/c1-7(4-9)3-8-5-10-11(2)6-8;2-1-3/h4-6H,3,9H2,1-2H3;/b7-4+;. The highest BCUT2D eigenvalue weighted by Crippen LogP contribution is 2.04. The SMILES string of the molecule is C/C(=C\N)Cc1cnn(C)c1.O=C=O. The number of nitrogens with zero attached hydrogens (tertiary/aromatic N) is 2. The van der Waals surface area contributed by atoms with E-state index in [2.05, 4.69) is 5.10 Å². The minimum absolute atomic E-state index is 0.250. The van der Waals surface area contributed by atoms with Gasteiger partial charge < -0.3 is 5.73 Å². The van der Waals surface area contributed by atoms with Gasteiger partial charge in [0.05, 0.1) is 6.20 Å². The van der Waals surface area contributed by atoms with Gasteiger partial charge in [-0.2, -0.15) is 14.7 Å². The van der Waals surface area contributed by atoms with E-state index in [9.17, 15) is 0 Å². The molecule has 0 saturated heterocycles. The van der Waals surface area contributed by atoms with E-state index in [0.717, 1.165) is 12.0 Å². The molecule has 76 valence electrons. The first kappa shape index (κ1) is 12.1. The Hall–Kier alpha value is -1.87. The molecule has 0 saturated carbocycles. The van der Waals surface area contributed by atoms with Crippen molar-refractivity contribution in [3.05, 3.63) is 29.7 Å². The largest absolute Gasteiger partial charge is 0.405 e. The molecule has 0 amide bonds. The van der Waals surface area contributed by atoms with E-state index in [0.29, 0.717) is 0 Å². The van der Waals surface area contributed by atoms with Crippen LogP contribution in [0.3, 0.4) is 0 Å². The molecule has 5 heteroatoms. The Labute approximate surface area is 82.2 Å². The second-order valence-electron chi connectivity index (χ2n) is 2.80. The number of nitrogens with two attached hydrogens (primary N) is 1. The zero-order chi connectivity index (χ0) is 11.0. The zero-order valence-electron chi connectivity index (χ0n) is 8.23. The summed E-state index contributed by atoms with van der Waals surface area (Å²) >= 11 is 0. The Morgan fingerprint density at radius 3 is 2.64 bits per heavy atom. The van der Waals surface area contributed by atoms with E-state index in [4.69, 9.17) is 15.3 Å². The number of aromatic nitrogens is 2. The molecule has 0 aliphatic rings. The van der Waals surface area contributed by atoms with Crippen LogP contribution in [0.25, 0.3) is 0 Å². The molecule has 1 heterocycles. The third-order valence-corrected chi connectivity index (χ3v) is 1.53. The van der Waals surface area contributed by atoms with Crippen molar-refractivity contribution in [2.45, 2.75) is 13.3 Å². The molecule has 0 aromatic carbocycles. The van der Waals surface area contributed by atoms with Gasteiger partial charge in [-0.25, -0.2) is 0 Å². The monoisotopic (exact) mass is 195 g/mol. The normalized spacial score (nSPS) is 10.0. The molecule has 1 aromatic heterocycles. The zero-order valence-corrected chi connectivity index (χ0v) is 8.23. The molecule has 1 rings (SSSR count). The Morgan fingerprint density at radius 1 is 1.71 bits per heavy atom. The lowest BCUT2D eigenvalue weighted by molar-refractivity contribution is -0.191. The van der Waals surface area contributed by atoms with Crippen molar-refractivity contribution >= 4 is 6.15 Å². The van der Waals surface area contributed by atoms with E-state index in [1.165, 1.54) is 5.56 Å². The molecule has 0 atom stereocenters. The van der Waals surface area contributed by atoms with Crippen molar-refractivity contribution in [2.24, 2.45) is 12.8 Å². The second-order valence-corrected chi connectivity index (χ2v) is 2.80. The number of allylic oxidation sites excluding steroid dienone is 1. The van der Waals surface area contributed by atoms with E-state index in [1.807, 2.05) is 26.4 Å². The van der Waals surface area contributed by atoms with Crippen molar-refractivity contribution in [1.82, 2.24) is 9.78 Å². The Balaban J connectivity index is 0.000000500. The van der Waals surface area contributed by atoms with Crippen LogP contribution in [-0.4, -0.2) is 15.9 Å². The molecular weight excluding hydrogens is 182 g/mol. The molecule has 0 unspecified atom stereocenters. The number of aryl methyl sites for hydroxylation is 1. The van der Waals surface area contributed by atoms with Crippen LogP contribution in [0.1, 0.15) is 12.5 Å². The number of rotatable bonds is 2. The van der Waals surface area contributed by atoms with Gasteiger partial charge in [-0.1, -0.05) is 5.57 Å². The maximum Gasteiger partial charge on any atom is 0.373 e. The highest BCUT2D eigenvalue weighted by molar-refractivity contribution is 5.20. The van der Waals surface area contributed by atoms with Crippen molar-refractivity contribution in [1.29, 1.82) is 0 Å². The third kappa shape index (κ3) is 4.90. The first-order valence-electron chi connectivity index (χ1n) is 3.98.